The van der Waals surface area contributed by atoms with E-state index in [1.54, 1.807) is 0 Å². The Morgan fingerprint density at radius 3 is 2.37 bits per heavy atom. The van der Waals surface area contributed by atoms with E-state index in [0.29, 0.717) is 11.9 Å². The molecule has 0 saturated heterocycles. The molecule has 1 atom stereocenters. The van der Waals surface area contributed by atoms with Gasteiger partial charge in [0.25, 0.3) is 0 Å². The van der Waals surface area contributed by atoms with Crippen molar-refractivity contribution in [3.05, 3.63) is 48.0 Å². The molecule has 0 radical (unpaired) electrons. The Labute approximate surface area is 114 Å². The fourth-order valence-corrected chi connectivity index (χ4v) is 1.89. The highest BCUT2D eigenvalue weighted by molar-refractivity contribution is 5.30. The molecule has 19 heavy (non-hydrogen) atoms. The third-order valence-corrected chi connectivity index (χ3v) is 3.07. The third-order valence-electron chi connectivity index (χ3n) is 3.07. The van der Waals surface area contributed by atoms with Gasteiger partial charge in [0, 0.05) is 18.6 Å². The molecule has 0 aromatic carbocycles. The molecular formula is C15H20N4. The zero-order valence-electron chi connectivity index (χ0n) is 11.7. The van der Waals surface area contributed by atoms with Gasteiger partial charge >= 0.3 is 0 Å². The van der Waals surface area contributed by atoms with Crippen LogP contribution in [0, 0.1) is 5.92 Å². The SMILES string of the molecule is CCc1cnc(N[C@H](c2ccccn2)C(C)C)nc1. The molecule has 0 bridgehead atoms. The van der Waals surface area contributed by atoms with Gasteiger partial charge in [-0.3, -0.25) is 4.98 Å². The Kier molecular flexibility index (Phi) is 4.44. The van der Waals surface area contributed by atoms with Gasteiger partial charge < -0.3 is 5.32 Å². The van der Waals surface area contributed by atoms with Crippen molar-refractivity contribution in [2.24, 2.45) is 5.92 Å². The summed E-state index contributed by atoms with van der Waals surface area (Å²) < 4.78 is 0. The standard InChI is InChI=1S/C15H20N4/c1-4-12-9-17-15(18-10-12)19-14(11(2)3)13-7-5-6-8-16-13/h5-11,14H,4H2,1-3H3,(H,17,18,19)/t14-/m0/s1. The van der Waals surface area contributed by atoms with Crippen molar-refractivity contribution >= 4 is 5.95 Å². The zero-order chi connectivity index (χ0) is 13.7. The summed E-state index contributed by atoms with van der Waals surface area (Å²) in [5, 5.41) is 3.36. The molecule has 0 aliphatic rings. The summed E-state index contributed by atoms with van der Waals surface area (Å²) in [6.07, 6.45) is 6.50. The van der Waals surface area contributed by atoms with Crippen LogP contribution in [0.25, 0.3) is 0 Å². The molecule has 4 nitrogen and oxygen atoms in total. The highest BCUT2D eigenvalue weighted by Crippen LogP contribution is 2.23. The minimum Gasteiger partial charge on any atom is -0.346 e. The quantitative estimate of drug-likeness (QED) is 0.892. The number of hydrogen-bond donors (Lipinski definition) is 1. The predicted octanol–water partition coefficient (Wildman–Crippen LogP) is 3.24. The molecule has 0 amide bonds. The first-order valence-corrected chi connectivity index (χ1v) is 6.69. The summed E-state index contributed by atoms with van der Waals surface area (Å²) >= 11 is 0. The molecule has 0 fully saturated rings. The van der Waals surface area contributed by atoms with Gasteiger partial charge in [-0.25, -0.2) is 9.97 Å². The van der Waals surface area contributed by atoms with E-state index < -0.39 is 0 Å². The number of rotatable bonds is 5. The van der Waals surface area contributed by atoms with Crippen LogP contribution in [0.4, 0.5) is 5.95 Å². The number of hydrogen-bond acceptors (Lipinski definition) is 4. The van der Waals surface area contributed by atoms with Gasteiger partial charge in [0.1, 0.15) is 0 Å². The Morgan fingerprint density at radius 1 is 1.11 bits per heavy atom. The fraction of sp³-hybridized carbons (Fsp3) is 0.400. The van der Waals surface area contributed by atoms with Crippen LogP contribution in [-0.4, -0.2) is 15.0 Å². The predicted molar refractivity (Wildman–Crippen MR) is 76.8 cm³/mol. The van der Waals surface area contributed by atoms with E-state index in [1.807, 2.05) is 36.8 Å². The average Bonchev–Trinajstić information content (AvgIpc) is 2.46. The van der Waals surface area contributed by atoms with E-state index >= 15 is 0 Å². The molecule has 0 aliphatic carbocycles. The highest BCUT2D eigenvalue weighted by Gasteiger charge is 2.17. The first kappa shape index (κ1) is 13.5. The Hall–Kier alpha value is -1.97. The van der Waals surface area contributed by atoms with Crippen molar-refractivity contribution in [1.29, 1.82) is 0 Å². The first-order chi connectivity index (χ1) is 9.20. The summed E-state index contributed by atoms with van der Waals surface area (Å²) in [7, 11) is 0. The summed E-state index contributed by atoms with van der Waals surface area (Å²) in [6, 6.07) is 6.07. The largest absolute Gasteiger partial charge is 0.346 e. The van der Waals surface area contributed by atoms with Crippen LogP contribution in [-0.2, 0) is 6.42 Å². The van der Waals surface area contributed by atoms with Crippen LogP contribution in [0.3, 0.4) is 0 Å². The summed E-state index contributed by atoms with van der Waals surface area (Å²) in [5.74, 6) is 1.06. The van der Waals surface area contributed by atoms with Crippen molar-refractivity contribution in [1.82, 2.24) is 15.0 Å². The summed E-state index contributed by atoms with van der Waals surface area (Å²) in [4.78, 5) is 13.1. The number of anilines is 1. The molecule has 4 heteroatoms. The third kappa shape index (κ3) is 3.50. The fourth-order valence-electron chi connectivity index (χ4n) is 1.89. The molecule has 0 unspecified atom stereocenters. The van der Waals surface area contributed by atoms with E-state index in [4.69, 9.17) is 0 Å². The molecule has 2 aromatic heterocycles. The molecule has 0 saturated carbocycles. The molecule has 2 heterocycles. The van der Waals surface area contributed by atoms with Crippen molar-refractivity contribution in [2.75, 3.05) is 5.32 Å². The van der Waals surface area contributed by atoms with Crippen molar-refractivity contribution in [3.63, 3.8) is 0 Å². The monoisotopic (exact) mass is 256 g/mol. The second-order valence-corrected chi connectivity index (χ2v) is 4.89. The minimum atomic E-state index is 0.119. The van der Waals surface area contributed by atoms with Gasteiger partial charge in [-0.2, -0.15) is 0 Å². The van der Waals surface area contributed by atoms with Crippen LogP contribution in [0.1, 0.15) is 38.1 Å². The number of nitrogens with zero attached hydrogens (tertiary/aromatic N) is 3. The van der Waals surface area contributed by atoms with E-state index in [1.165, 1.54) is 0 Å². The second kappa shape index (κ2) is 6.27. The van der Waals surface area contributed by atoms with Crippen LogP contribution < -0.4 is 5.32 Å². The summed E-state index contributed by atoms with van der Waals surface area (Å²) in [6.45, 7) is 6.41. The number of pyridine rings is 1. The van der Waals surface area contributed by atoms with Gasteiger partial charge in [0.2, 0.25) is 5.95 Å². The maximum atomic E-state index is 4.41. The normalized spacial score (nSPS) is 12.4. The van der Waals surface area contributed by atoms with Gasteiger partial charge in [0.05, 0.1) is 11.7 Å². The first-order valence-electron chi connectivity index (χ1n) is 6.69. The Bertz CT molecular complexity index is 493. The Balaban J connectivity index is 2.17. The van der Waals surface area contributed by atoms with Crippen molar-refractivity contribution in [3.8, 4) is 0 Å². The zero-order valence-corrected chi connectivity index (χ0v) is 11.7. The smallest absolute Gasteiger partial charge is 0.223 e. The lowest BCUT2D eigenvalue weighted by molar-refractivity contribution is 0.531. The van der Waals surface area contributed by atoms with Gasteiger partial charge in [-0.1, -0.05) is 26.8 Å². The van der Waals surface area contributed by atoms with Crippen molar-refractivity contribution in [2.45, 2.75) is 33.2 Å². The number of aromatic nitrogens is 3. The minimum absolute atomic E-state index is 0.119. The van der Waals surface area contributed by atoms with E-state index in [0.717, 1.165) is 17.7 Å². The average molecular weight is 256 g/mol. The van der Waals surface area contributed by atoms with Crippen LogP contribution in [0.2, 0.25) is 0 Å². The molecule has 2 aromatic rings. The van der Waals surface area contributed by atoms with Crippen molar-refractivity contribution < 1.29 is 0 Å². The lowest BCUT2D eigenvalue weighted by Crippen LogP contribution is -2.19. The molecule has 2 rings (SSSR count). The molecular weight excluding hydrogens is 236 g/mol. The van der Waals surface area contributed by atoms with E-state index in [9.17, 15) is 0 Å². The van der Waals surface area contributed by atoms with Crippen LogP contribution >= 0.6 is 0 Å². The second-order valence-electron chi connectivity index (χ2n) is 4.89. The van der Waals surface area contributed by atoms with Gasteiger partial charge in [-0.05, 0) is 30.0 Å². The van der Waals surface area contributed by atoms with E-state index in [-0.39, 0.29) is 6.04 Å². The molecule has 0 spiro atoms. The number of nitrogens with one attached hydrogen (secondary N) is 1. The lowest BCUT2D eigenvalue weighted by Gasteiger charge is -2.21. The lowest BCUT2D eigenvalue weighted by atomic mass is 10.0. The molecule has 100 valence electrons. The maximum Gasteiger partial charge on any atom is 0.223 e. The van der Waals surface area contributed by atoms with Crippen LogP contribution in [0.5, 0.6) is 0 Å². The van der Waals surface area contributed by atoms with Crippen LogP contribution in [0.15, 0.2) is 36.8 Å². The highest BCUT2D eigenvalue weighted by atomic mass is 15.1. The Morgan fingerprint density at radius 2 is 1.84 bits per heavy atom. The number of aryl methyl sites for hydroxylation is 1. The topological polar surface area (TPSA) is 50.7 Å². The van der Waals surface area contributed by atoms with E-state index in [2.05, 4.69) is 41.0 Å². The summed E-state index contributed by atoms with van der Waals surface area (Å²) in [5.41, 5.74) is 2.16. The maximum absolute atomic E-state index is 4.41. The molecule has 1 N–H and O–H groups in total. The molecule has 0 aliphatic heterocycles. The van der Waals surface area contributed by atoms with Gasteiger partial charge in [-0.15, -0.1) is 0 Å². The van der Waals surface area contributed by atoms with Gasteiger partial charge in [0.15, 0.2) is 0 Å².